The van der Waals surface area contributed by atoms with Gasteiger partial charge in [-0.15, -0.1) is 0 Å². The number of fused-ring (bicyclic) bond motifs is 2. The Morgan fingerprint density at radius 1 is 0.974 bits per heavy atom. The van der Waals surface area contributed by atoms with Gasteiger partial charge in [-0.3, -0.25) is 28.9 Å². The molecule has 1 fully saturated rings. The number of imidazole rings is 1. The number of aryl methyl sites for hydroxylation is 1. The Bertz CT molecular complexity index is 1720. The fourth-order valence-corrected chi connectivity index (χ4v) is 5.63. The molecule has 1 aliphatic rings. The Kier molecular flexibility index (Phi) is 6.41. The van der Waals surface area contributed by atoms with Gasteiger partial charge in [-0.05, 0) is 74.9 Å². The van der Waals surface area contributed by atoms with Crippen LogP contribution in [0, 0.1) is 12.8 Å². The fourth-order valence-electron chi connectivity index (χ4n) is 5.47. The molecule has 0 unspecified atom stereocenters. The Morgan fingerprint density at radius 2 is 1.71 bits per heavy atom. The first kappa shape index (κ1) is 24.3. The SMILES string of the molecule is Cc1ncc(Cl)cc1C(=O)NC1CCC(Cn2c(=O)n(-c3ccc4nccnc4c3)c3ccccc32)CC1. The van der Waals surface area contributed by atoms with Crippen LogP contribution >= 0.6 is 11.6 Å². The maximum absolute atomic E-state index is 13.7. The highest BCUT2D eigenvalue weighted by Crippen LogP contribution is 2.28. The third kappa shape index (κ3) is 4.56. The standard InChI is InChI=1S/C29H27ClN6O2/c1-18-23(14-20(30)16-33-18)28(37)34-21-8-6-19(7-9-21)17-35-26-4-2-3-5-27(26)36(29(35)38)22-10-11-24-25(15-22)32-13-12-31-24/h2-5,10-16,19,21H,6-9,17H2,1H3,(H,34,37). The normalized spacial score (nSPS) is 17.6. The molecule has 5 aromatic rings. The van der Waals surface area contributed by atoms with Gasteiger partial charge in [-0.25, -0.2) is 4.79 Å². The van der Waals surface area contributed by atoms with E-state index in [2.05, 4.69) is 20.3 Å². The second kappa shape index (κ2) is 10.0. The van der Waals surface area contributed by atoms with Crippen LogP contribution in [0.5, 0.6) is 0 Å². The quantitative estimate of drug-likeness (QED) is 0.344. The predicted octanol–water partition coefficient (Wildman–Crippen LogP) is 5.08. The van der Waals surface area contributed by atoms with E-state index in [1.165, 1.54) is 0 Å². The van der Waals surface area contributed by atoms with Gasteiger partial charge in [0.25, 0.3) is 5.91 Å². The highest BCUT2D eigenvalue weighted by atomic mass is 35.5. The summed E-state index contributed by atoms with van der Waals surface area (Å²) in [5.41, 5.74) is 5.21. The smallest absolute Gasteiger partial charge is 0.333 e. The molecule has 0 aliphatic heterocycles. The minimum Gasteiger partial charge on any atom is -0.349 e. The van der Waals surface area contributed by atoms with Crippen molar-refractivity contribution >= 4 is 39.6 Å². The number of rotatable bonds is 5. The molecule has 0 radical (unpaired) electrons. The van der Waals surface area contributed by atoms with Crippen LogP contribution in [0.15, 0.2) is 71.9 Å². The van der Waals surface area contributed by atoms with E-state index in [0.717, 1.165) is 53.4 Å². The van der Waals surface area contributed by atoms with Gasteiger partial charge in [-0.1, -0.05) is 23.7 Å². The van der Waals surface area contributed by atoms with E-state index in [9.17, 15) is 9.59 Å². The van der Waals surface area contributed by atoms with E-state index < -0.39 is 0 Å². The maximum Gasteiger partial charge on any atom is 0.333 e. The molecule has 0 saturated heterocycles. The molecular weight excluding hydrogens is 500 g/mol. The molecule has 6 rings (SSSR count). The number of carbonyl (C=O) groups is 1. The minimum absolute atomic E-state index is 0.0613. The van der Waals surface area contributed by atoms with E-state index in [4.69, 9.17) is 11.6 Å². The molecule has 192 valence electrons. The van der Waals surface area contributed by atoms with Crippen LogP contribution in [-0.2, 0) is 6.54 Å². The van der Waals surface area contributed by atoms with Gasteiger partial charge in [-0.2, -0.15) is 0 Å². The molecule has 3 aromatic heterocycles. The van der Waals surface area contributed by atoms with Crippen LogP contribution in [-0.4, -0.2) is 36.0 Å². The van der Waals surface area contributed by atoms with E-state index in [-0.39, 0.29) is 17.6 Å². The number of amides is 1. The lowest BCUT2D eigenvalue weighted by molar-refractivity contribution is 0.0919. The number of nitrogens with zero attached hydrogens (tertiary/aromatic N) is 5. The number of para-hydroxylation sites is 2. The Morgan fingerprint density at radius 3 is 2.50 bits per heavy atom. The molecule has 0 spiro atoms. The molecule has 9 heteroatoms. The zero-order valence-electron chi connectivity index (χ0n) is 21.0. The summed E-state index contributed by atoms with van der Waals surface area (Å²) in [6.45, 7) is 2.44. The second-order valence-corrected chi connectivity index (χ2v) is 10.4. The Labute approximate surface area is 224 Å². The lowest BCUT2D eigenvalue weighted by Gasteiger charge is -2.29. The first-order chi connectivity index (χ1) is 18.5. The van der Waals surface area contributed by atoms with Crippen LogP contribution in [0.2, 0.25) is 5.02 Å². The van der Waals surface area contributed by atoms with Gasteiger partial charge in [0, 0.05) is 31.2 Å². The summed E-state index contributed by atoms with van der Waals surface area (Å²) in [7, 11) is 0. The number of hydrogen-bond acceptors (Lipinski definition) is 5. The first-order valence-electron chi connectivity index (χ1n) is 12.8. The van der Waals surface area contributed by atoms with E-state index in [0.29, 0.717) is 28.7 Å². The number of pyridine rings is 1. The highest BCUT2D eigenvalue weighted by Gasteiger charge is 2.25. The van der Waals surface area contributed by atoms with Gasteiger partial charge in [0.15, 0.2) is 0 Å². The van der Waals surface area contributed by atoms with Crippen LogP contribution in [0.4, 0.5) is 0 Å². The number of carbonyl (C=O) groups excluding carboxylic acids is 1. The van der Waals surface area contributed by atoms with Crippen LogP contribution < -0.4 is 11.0 Å². The number of hydrogen-bond donors (Lipinski definition) is 1. The van der Waals surface area contributed by atoms with Gasteiger partial charge in [0.2, 0.25) is 0 Å². The van der Waals surface area contributed by atoms with Gasteiger partial charge in [0.05, 0.1) is 44.0 Å². The summed E-state index contributed by atoms with van der Waals surface area (Å²) in [5, 5.41) is 3.60. The van der Waals surface area contributed by atoms with Gasteiger partial charge < -0.3 is 5.32 Å². The van der Waals surface area contributed by atoms with Crippen molar-refractivity contribution in [1.82, 2.24) is 29.4 Å². The van der Waals surface area contributed by atoms with Crippen molar-refractivity contribution in [2.45, 2.75) is 45.2 Å². The Hall–Kier alpha value is -4.04. The molecule has 3 heterocycles. The lowest BCUT2D eigenvalue weighted by atomic mass is 9.85. The third-order valence-corrected chi connectivity index (χ3v) is 7.67. The van der Waals surface area contributed by atoms with Crippen LogP contribution in [0.1, 0.15) is 41.7 Å². The van der Waals surface area contributed by atoms with Crippen molar-refractivity contribution < 1.29 is 4.79 Å². The van der Waals surface area contributed by atoms with Crippen molar-refractivity contribution in [3.63, 3.8) is 0 Å². The van der Waals surface area contributed by atoms with Gasteiger partial charge in [0.1, 0.15) is 0 Å². The number of halogens is 1. The molecule has 8 nitrogen and oxygen atoms in total. The summed E-state index contributed by atoms with van der Waals surface area (Å²) < 4.78 is 3.65. The van der Waals surface area contributed by atoms with Crippen molar-refractivity contribution in [2.75, 3.05) is 0 Å². The largest absolute Gasteiger partial charge is 0.349 e. The molecule has 0 atom stereocenters. The molecular formula is C29H27ClN6O2. The number of benzene rings is 2. The first-order valence-corrected chi connectivity index (χ1v) is 13.2. The Balaban J connectivity index is 1.21. The maximum atomic E-state index is 13.7. The van der Waals surface area contributed by atoms with Gasteiger partial charge >= 0.3 is 5.69 Å². The molecule has 1 saturated carbocycles. The zero-order valence-corrected chi connectivity index (χ0v) is 21.7. The van der Waals surface area contributed by atoms with Crippen LogP contribution in [0.3, 0.4) is 0 Å². The van der Waals surface area contributed by atoms with E-state index in [1.54, 1.807) is 29.2 Å². The lowest BCUT2D eigenvalue weighted by Crippen LogP contribution is -2.39. The minimum atomic E-state index is -0.139. The molecule has 2 aromatic carbocycles. The summed E-state index contributed by atoms with van der Waals surface area (Å²) in [5.74, 6) is 0.206. The zero-order chi connectivity index (χ0) is 26.2. The molecule has 1 aliphatic carbocycles. The van der Waals surface area contributed by atoms with Crippen molar-refractivity contribution in [3.8, 4) is 5.69 Å². The molecule has 1 amide bonds. The molecule has 0 bridgehead atoms. The van der Waals surface area contributed by atoms with E-state index in [1.807, 2.05) is 54.0 Å². The van der Waals surface area contributed by atoms with Crippen molar-refractivity contribution in [1.29, 1.82) is 0 Å². The third-order valence-electron chi connectivity index (χ3n) is 7.47. The summed E-state index contributed by atoms with van der Waals surface area (Å²) in [6, 6.07) is 15.4. The highest BCUT2D eigenvalue weighted by molar-refractivity contribution is 6.30. The number of aromatic nitrogens is 5. The monoisotopic (exact) mass is 526 g/mol. The summed E-state index contributed by atoms with van der Waals surface area (Å²) in [4.78, 5) is 39.5. The molecule has 1 N–H and O–H groups in total. The second-order valence-electron chi connectivity index (χ2n) is 9.92. The topological polar surface area (TPSA) is 94.7 Å². The summed E-state index contributed by atoms with van der Waals surface area (Å²) in [6.07, 6.45) is 8.44. The average molecular weight is 527 g/mol. The van der Waals surface area contributed by atoms with E-state index >= 15 is 0 Å². The van der Waals surface area contributed by atoms with Crippen molar-refractivity contribution in [2.24, 2.45) is 5.92 Å². The predicted molar refractivity (Wildman–Crippen MR) is 148 cm³/mol. The van der Waals surface area contributed by atoms with Crippen molar-refractivity contribution in [3.05, 3.63) is 93.9 Å². The number of nitrogens with one attached hydrogen (secondary N) is 1. The fraction of sp³-hybridized carbons (Fsp3) is 0.276. The summed E-state index contributed by atoms with van der Waals surface area (Å²) >= 11 is 6.04. The van der Waals surface area contributed by atoms with Crippen LogP contribution in [0.25, 0.3) is 27.8 Å². The molecule has 38 heavy (non-hydrogen) atoms. The average Bonchev–Trinajstić information content (AvgIpc) is 3.21.